The van der Waals surface area contributed by atoms with Crippen molar-refractivity contribution in [1.29, 1.82) is 0 Å². The fraction of sp³-hybridized carbons (Fsp3) is 0.312. The van der Waals surface area contributed by atoms with Gasteiger partial charge in [0.15, 0.2) is 4.96 Å². The Morgan fingerprint density at radius 3 is 3.00 bits per heavy atom. The third-order valence-electron chi connectivity index (χ3n) is 3.44. The van der Waals surface area contributed by atoms with E-state index in [0.717, 1.165) is 22.9 Å². The Hall–Kier alpha value is -1.85. The monoisotopic (exact) mass is 301 g/mol. The van der Waals surface area contributed by atoms with Crippen LogP contribution in [0.5, 0.6) is 0 Å². The van der Waals surface area contributed by atoms with Gasteiger partial charge in [0.2, 0.25) is 0 Å². The summed E-state index contributed by atoms with van der Waals surface area (Å²) >= 11 is 1.73. The largest absolute Gasteiger partial charge is 0.380 e. The Morgan fingerprint density at radius 2 is 2.19 bits per heavy atom. The van der Waals surface area contributed by atoms with Crippen molar-refractivity contribution >= 4 is 22.0 Å². The number of aromatic nitrogens is 2. The third kappa shape index (κ3) is 2.94. The second kappa shape index (κ2) is 5.87. The summed E-state index contributed by atoms with van der Waals surface area (Å²) in [4.78, 5) is 6.96. The molecule has 4 nitrogen and oxygen atoms in total. The van der Waals surface area contributed by atoms with E-state index in [1.165, 1.54) is 16.1 Å². The van der Waals surface area contributed by atoms with Crippen LogP contribution in [0.15, 0.2) is 30.5 Å². The zero-order valence-electron chi connectivity index (χ0n) is 12.5. The first-order chi connectivity index (χ1) is 10.2. The van der Waals surface area contributed by atoms with E-state index in [-0.39, 0.29) is 0 Å². The topological polar surface area (TPSA) is 38.6 Å². The van der Waals surface area contributed by atoms with Gasteiger partial charge >= 0.3 is 0 Å². The third-order valence-corrected chi connectivity index (χ3v) is 4.34. The minimum Gasteiger partial charge on any atom is -0.380 e. The van der Waals surface area contributed by atoms with Crippen LogP contribution >= 0.6 is 11.3 Å². The molecule has 5 heteroatoms. The van der Waals surface area contributed by atoms with Crippen LogP contribution in [0, 0.1) is 13.8 Å². The minimum absolute atomic E-state index is 0.634. The molecule has 1 aromatic carbocycles. The molecular formula is C16H19N3OS. The van der Waals surface area contributed by atoms with Crippen molar-refractivity contribution in [1.82, 2.24) is 9.38 Å². The van der Waals surface area contributed by atoms with Crippen molar-refractivity contribution in [2.75, 3.05) is 12.4 Å². The maximum absolute atomic E-state index is 5.17. The summed E-state index contributed by atoms with van der Waals surface area (Å²) in [5.74, 6) is 0. The molecule has 2 aromatic heterocycles. The predicted octanol–water partition coefficient (Wildman–Crippen LogP) is 3.77. The zero-order chi connectivity index (χ0) is 14.8. The van der Waals surface area contributed by atoms with E-state index in [1.54, 1.807) is 18.4 Å². The standard InChI is InChI=1S/C16H19N3OS/c1-11-9-19-15(12(2)18-16(19)21-11)8-17-14-6-4-5-13(7-14)10-20-3/h4-7,9,17H,8,10H2,1-3H3. The molecule has 0 unspecified atom stereocenters. The molecule has 21 heavy (non-hydrogen) atoms. The van der Waals surface area contributed by atoms with Crippen LogP contribution in [0.2, 0.25) is 0 Å². The Bertz CT molecular complexity index is 760. The molecule has 3 aromatic rings. The number of thiazole rings is 1. The summed E-state index contributed by atoms with van der Waals surface area (Å²) in [6, 6.07) is 8.31. The molecule has 110 valence electrons. The molecule has 0 atom stereocenters. The molecule has 0 amide bonds. The first-order valence-corrected chi connectivity index (χ1v) is 7.74. The molecular weight excluding hydrogens is 282 g/mol. The number of fused-ring (bicyclic) bond motifs is 1. The van der Waals surface area contributed by atoms with Gasteiger partial charge in [0.25, 0.3) is 0 Å². The summed E-state index contributed by atoms with van der Waals surface area (Å²) in [6.45, 7) is 5.57. The Labute approximate surface area is 128 Å². The Kier molecular flexibility index (Phi) is 3.94. The number of ether oxygens (including phenoxy) is 1. The number of nitrogens with one attached hydrogen (secondary N) is 1. The molecule has 0 bridgehead atoms. The quantitative estimate of drug-likeness (QED) is 0.779. The number of nitrogens with zero attached hydrogens (tertiary/aromatic N) is 2. The van der Waals surface area contributed by atoms with Gasteiger partial charge in [-0.2, -0.15) is 0 Å². The van der Waals surface area contributed by atoms with E-state index in [0.29, 0.717) is 6.61 Å². The number of hydrogen-bond donors (Lipinski definition) is 1. The number of anilines is 1. The van der Waals surface area contributed by atoms with Crippen molar-refractivity contribution in [3.05, 3.63) is 52.3 Å². The molecule has 0 aliphatic rings. The van der Waals surface area contributed by atoms with E-state index in [2.05, 4.69) is 52.9 Å². The maximum Gasteiger partial charge on any atom is 0.194 e. The van der Waals surface area contributed by atoms with Gasteiger partial charge in [-0.3, -0.25) is 4.40 Å². The summed E-state index contributed by atoms with van der Waals surface area (Å²) in [5.41, 5.74) is 4.57. The lowest BCUT2D eigenvalue weighted by molar-refractivity contribution is 0.185. The Morgan fingerprint density at radius 1 is 1.33 bits per heavy atom. The van der Waals surface area contributed by atoms with Crippen molar-refractivity contribution in [3.63, 3.8) is 0 Å². The molecule has 0 radical (unpaired) electrons. The fourth-order valence-electron chi connectivity index (χ4n) is 2.45. The van der Waals surface area contributed by atoms with Crippen LogP contribution in [0.25, 0.3) is 4.96 Å². The van der Waals surface area contributed by atoms with Crippen LogP contribution in [0.3, 0.4) is 0 Å². The van der Waals surface area contributed by atoms with Gasteiger partial charge in [-0.25, -0.2) is 4.98 Å². The van der Waals surface area contributed by atoms with Crippen LogP contribution in [0.1, 0.15) is 21.8 Å². The van der Waals surface area contributed by atoms with E-state index >= 15 is 0 Å². The van der Waals surface area contributed by atoms with Gasteiger partial charge in [-0.1, -0.05) is 12.1 Å². The van der Waals surface area contributed by atoms with Gasteiger partial charge in [-0.05, 0) is 31.5 Å². The van der Waals surface area contributed by atoms with Gasteiger partial charge in [0.1, 0.15) is 0 Å². The summed E-state index contributed by atoms with van der Waals surface area (Å²) in [7, 11) is 1.71. The second-order valence-corrected chi connectivity index (χ2v) is 6.34. The average molecular weight is 301 g/mol. The lowest BCUT2D eigenvalue weighted by Gasteiger charge is -2.08. The van der Waals surface area contributed by atoms with E-state index in [1.807, 2.05) is 6.07 Å². The van der Waals surface area contributed by atoms with Crippen LogP contribution < -0.4 is 5.32 Å². The second-order valence-electron chi connectivity index (χ2n) is 5.13. The smallest absolute Gasteiger partial charge is 0.194 e. The highest BCUT2D eigenvalue weighted by Gasteiger charge is 2.10. The molecule has 2 heterocycles. The van der Waals surface area contributed by atoms with E-state index in [9.17, 15) is 0 Å². The highest BCUT2D eigenvalue weighted by Crippen LogP contribution is 2.21. The number of imidazole rings is 1. The SMILES string of the molecule is COCc1cccc(NCc2c(C)nc3sc(C)cn23)c1. The number of hydrogen-bond acceptors (Lipinski definition) is 4. The lowest BCUT2D eigenvalue weighted by atomic mass is 10.2. The first kappa shape index (κ1) is 14.1. The number of methoxy groups -OCH3 is 1. The normalized spacial score (nSPS) is 11.2. The summed E-state index contributed by atoms with van der Waals surface area (Å²) in [5, 5.41) is 3.48. The fourth-order valence-corrected chi connectivity index (χ4v) is 3.34. The summed E-state index contributed by atoms with van der Waals surface area (Å²) < 4.78 is 7.35. The molecule has 0 fully saturated rings. The summed E-state index contributed by atoms with van der Waals surface area (Å²) in [6.07, 6.45) is 2.15. The van der Waals surface area contributed by atoms with E-state index in [4.69, 9.17) is 4.74 Å². The number of aryl methyl sites for hydroxylation is 2. The van der Waals surface area contributed by atoms with Gasteiger partial charge < -0.3 is 10.1 Å². The highest BCUT2D eigenvalue weighted by molar-refractivity contribution is 7.17. The average Bonchev–Trinajstić information content (AvgIpc) is 2.93. The molecule has 0 saturated heterocycles. The maximum atomic E-state index is 5.17. The highest BCUT2D eigenvalue weighted by atomic mass is 32.1. The van der Waals surface area contributed by atoms with E-state index < -0.39 is 0 Å². The molecule has 0 spiro atoms. The predicted molar refractivity (Wildman–Crippen MR) is 87.0 cm³/mol. The Balaban J connectivity index is 1.79. The van der Waals surface area contributed by atoms with Crippen molar-refractivity contribution < 1.29 is 4.74 Å². The minimum atomic E-state index is 0.634. The van der Waals surface area contributed by atoms with Crippen LogP contribution in [-0.4, -0.2) is 16.5 Å². The molecule has 0 aliphatic heterocycles. The van der Waals surface area contributed by atoms with Gasteiger partial charge in [0.05, 0.1) is 24.5 Å². The van der Waals surface area contributed by atoms with Crippen LogP contribution in [0.4, 0.5) is 5.69 Å². The van der Waals surface area contributed by atoms with Crippen molar-refractivity contribution in [2.24, 2.45) is 0 Å². The number of benzene rings is 1. The van der Waals surface area contributed by atoms with Crippen molar-refractivity contribution in [2.45, 2.75) is 27.0 Å². The van der Waals surface area contributed by atoms with Gasteiger partial charge in [0, 0.05) is 23.9 Å². The zero-order valence-corrected chi connectivity index (χ0v) is 13.3. The van der Waals surface area contributed by atoms with Gasteiger partial charge in [-0.15, -0.1) is 11.3 Å². The first-order valence-electron chi connectivity index (χ1n) is 6.93. The molecule has 0 saturated carbocycles. The molecule has 1 N–H and O–H groups in total. The van der Waals surface area contributed by atoms with Crippen LogP contribution in [-0.2, 0) is 17.9 Å². The number of rotatable bonds is 5. The lowest BCUT2D eigenvalue weighted by Crippen LogP contribution is -2.04. The molecule has 0 aliphatic carbocycles. The molecule has 3 rings (SSSR count). The van der Waals surface area contributed by atoms with Crippen molar-refractivity contribution in [3.8, 4) is 0 Å².